The average molecular weight is 346 g/mol. The predicted molar refractivity (Wildman–Crippen MR) is 99.0 cm³/mol. The van der Waals surface area contributed by atoms with E-state index in [1.807, 2.05) is 18.2 Å². The predicted octanol–water partition coefficient (Wildman–Crippen LogP) is 3.10. The molecule has 2 aromatic carbocycles. The Morgan fingerprint density at radius 1 is 0.962 bits per heavy atom. The highest BCUT2D eigenvalue weighted by molar-refractivity contribution is 6.21. The monoisotopic (exact) mass is 346 g/mol. The maximum absolute atomic E-state index is 12.4. The van der Waals surface area contributed by atoms with Crippen molar-refractivity contribution in [2.24, 2.45) is 0 Å². The highest BCUT2D eigenvalue weighted by Crippen LogP contribution is 2.29. The number of hydrogen-bond acceptors (Lipinski definition) is 4. The lowest BCUT2D eigenvalue weighted by Gasteiger charge is -2.18. The van der Waals surface area contributed by atoms with Crippen LogP contribution in [0.2, 0.25) is 0 Å². The number of carbonyl (C=O) groups is 3. The van der Waals surface area contributed by atoms with E-state index < -0.39 is 0 Å². The zero-order valence-electron chi connectivity index (χ0n) is 14.2. The molecule has 0 radical (unpaired) electrons. The van der Waals surface area contributed by atoms with Gasteiger partial charge in [-0.1, -0.05) is 30.4 Å². The first-order valence-corrected chi connectivity index (χ1v) is 8.64. The SMILES string of the molecule is Nc1ccc(CCCN2C(=O)c3ccccc3C2=O)c2c1C(=O)CC=C2. The van der Waals surface area contributed by atoms with Crippen LogP contribution >= 0.6 is 0 Å². The van der Waals surface area contributed by atoms with Gasteiger partial charge in [-0.05, 0) is 42.2 Å². The van der Waals surface area contributed by atoms with Crippen molar-refractivity contribution in [1.29, 1.82) is 0 Å². The average Bonchev–Trinajstić information content (AvgIpc) is 2.89. The number of allylic oxidation sites excluding steroid dienone is 1. The number of Topliss-reactive ketones (excluding diaryl/α,β-unsaturated/α-hetero) is 1. The summed E-state index contributed by atoms with van der Waals surface area (Å²) >= 11 is 0. The van der Waals surface area contributed by atoms with Crippen LogP contribution in [0.15, 0.2) is 42.5 Å². The lowest BCUT2D eigenvalue weighted by atomic mass is 9.89. The molecule has 0 saturated carbocycles. The molecule has 0 spiro atoms. The number of fused-ring (bicyclic) bond motifs is 2. The summed E-state index contributed by atoms with van der Waals surface area (Å²) in [5.41, 5.74) is 9.86. The van der Waals surface area contributed by atoms with Gasteiger partial charge in [-0.2, -0.15) is 0 Å². The summed E-state index contributed by atoms with van der Waals surface area (Å²) in [6.07, 6.45) is 5.44. The molecule has 0 aromatic heterocycles. The van der Waals surface area contributed by atoms with E-state index in [1.54, 1.807) is 30.3 Å². The van der Waals surface area contributed by atoms with Crippen LogP contribution in [0.5, 0.6) is 0 Å². The first kappa shape index (κ1) is 16.3. The fraction of sp³-hybridized carbons (Fsp3) is 0.190. The molecule has 2 amide bonds. The summed E-state index contributed by atoms with van der Waals surface area (Å²) in [6, 6.07) is 10.6. The molecule has 0 atom stereocenters. The molecule has 1 aliphatic carbocycles. The molecule has 130 valence electrons. The van der Waals surface area contributed by atoms with Crippen LogP contribution in [0.1, 0.15) is 55.0 Å². The van der Waals surface area contributed by atoms with Crippen molar-refractivity contribution in [2.75, 3.05) is 12.3 Å². The minimum absolute atomic E-state index is 0.0298. The number of benzene rings is 2. The third kappa shape index (κ3) is 2.52. The second kappa shape index (κ2) is 6.26. The molecule has 1 heterocycles. The molecule has 2 N–H and O–H groups in total. The Morgan fingerprint density at radius 3 is 2.35 bits per heavy atom. The van der Waals surface area contributed by atoms with Gasteiger partial charge in [0.15, 0.2) is 5.78 Å². The van der Waals surface area contributed by atoms with Crippen molar-refractivity contribution in [3.05, 3.63) is 70.3 Å². The van der Waals surface area contributed by atoms with E-state index in [0.29, 0.717) is 48.2 Å². The van der Waals surface area contributed by atoms with E-state index in [4.69, 9.17) is 5.73 Å². The molecular formula is C21H18N2O3. The molecule has 2 aliphatic rings. The van der Waals surface area contributed by atoms with Gasteiger partial charge in [0.2, 0.25) is 0 Å². The fourth-order valence-corrected chi connectivity index (χ4v) is 3.65. The van der Waals surface area contributed by atoms with E-state index in [2.05, 4.69) is 0 Å². The zero-order chi connectivity index (χ0) is 18.3. The first-order chi connectivity index (χ1) is 12.6. The molecule has 0 fully saturated rings. The zero-order valence-corrected chi connectivity index (χ0v) is 14.2. The Labute approximate surface area is 151 Å². The summed E-state index contributed by atoms with van der Waals surface area (Å²) in [7, 11) is 0. The van der Waals surface area contributed by atoms with Crippen LogP contribution in [-0.4, -0.2) is 29.0 Å². The Morgan fingerprint density at radius 2 is 1.65 bits per heavy atom. The molecule has 0 unspecified atom stereocenters. The molecule has 5 nitrogen and oxygen atoms in total. The largest absolute Gasteiger partial charge is 0.398 e. The number of ketones is 1. The fourth-order valence-electron chi connectivity index (χ4n) is 3.65. The van der Waals surface area contributed by atoms with Gasteiger partial charge in [-0.15, -0.1) is 0 Å². The van der Waals surface area contributed by atoms with Crippen LogP contribution < -0.4 is 5.73 Å². The van der Waals surface area contributed by atoms with Crippen LogP contribution in [0.25, 0.3) is 6.08 Å². The normalized spacial score (nSPS) is 15.4. The van der Waals surface area contributed by atoms with Crippen molar-refractivity contribution in [1.82, 2.24) is 4.90 Å². The van der Waals surface area contributed by atoms with Crippen LogP contribution in [0, 0.1) is 0 Å². The molecular weight excluding hydrogens is 328 g/mol. The quantitative estimate of drug-likeness (QED) is 0.681. The maximum Gasteiger partial charge on any atom is 0.261 e. The third-order valence-electron chi connectivity index (χ3n) is 4.94. The van der Waals surface area contributed by atoms with Crippen molar-refractivity contribution in [3.63, 3.8) is 0 Å². The first-order valence-electron chi connectivity index (χ1n) is 8.64. The van der Waals surface area contributed by atoms with Gasteiger partial charge in [-0.25, -0.2) is 0 Å². The highest BCUT2D eigenvalue weighted by atomic mass is 16.2. The number of aryl methyl sites for hydroxylation is 1. The number of nitrogen functional groups attached to an aromatic ring is 1. The van der Waals surface area contributed by atoms with Crippen LogP contribution in [0.3, 0.4) is 0 Å². The number of hydrogen-bond donors (Lipinski definition) is 1. The number of imide groups is 1. The van der Waals surface area contributed by atoms with Crippen molar-refractivity contribution >= 4 is 29.4 Å². The minimum Gasteiger partial charge on any atom is -0.398 e. The number of rotatable bonds is 4. The smallest absolute Gasteiger partial charge is 0.261 e. The molecule has 2 aromatic rings. The summed E-state index contributed by atoms with van der Waals surface area (Å²) in [6.45, 7) is 0.350. The number of anilines is 1. The lowest BCUT2D eigenvalue weighted by Crippen LogP contribution is -2.31. The van der Waals surface area contributed by atoms with E-state index in [9.17, 15) is 14.4 Å². The molecule has 1 aliphatic heterocycles. The standard InChI is InChI=1S/C21H18N2O3/c22-17-11-10-13(14-8-3-9-18(24)19(14)17)5-4-12-23-20(25)15-6-1-2-7-16(15)21(23)26/h1-3,6-8,10-11H,4-5,9,12,22H2. The summed E-state index contributed by atoms with van der Waals surface area (Å²) < 4.78 is 0. The number of carbonyl (C=O) groups excluding carboxylic acids is 3. The van der Waals surface area contributed by atoms with Gasteiger partial charge in [0.25, 0.3) is 11.8 Å². The van der Waals surface area contributed by atoms with Gasteiger partial charge in [0, 0.05) is 24.2 Å². The number of nitrogens with zero attached hydrogens (tertiary/aromatic N) is 1. The van der Waals surface area contributed by atoms with Gasteiger partial charge < -0.3 is 5.73 Å². The van der Waals surface area contributed by atoms with Crippen molar-refractivity contribution in [3.8, 4) is 0 Å². The number of nitrogens with two attached hydrogens (primary N) is 1. The molecule has 0 saturated heterocycles. The Kier molecular flexibility index (Phi) is 3.92. The van der Waals surface area contributed by atoms with E-state index in [1.165, 1.54) is 4.90 Å². The minimum atomic E-state index is -0.236. The van der Waals surface area contributed by atoms with Crippen LogP contribution in [-0.2, 0) is 6.42 Å². The second-order valence-electron chi connectivity index (χ2n) is 6.54. The van der Waals surface area contributed by atoms with Crippen molar-refractivity contribution in [2.45, 2.75) is 19.3 Å². The highest BCUT2D eigenvalue weighted by Gasteiger charge is 2.34. The second-order valence-corrected chi connectivity index (χ2v) is 6.54. The van der Waals surface area contributed by atoms with Crippen molar-refractivity contribution < 1.29 is 14.4 Å². The van der Waals surface area contributed by atoms with Gasteiger partial charge in [-0.3, -0.25) is 19.3 Å². The Hall–Kier alpha value is -3.21. The maximum atomic E-state index is 12.4. The molecule has 4 rings (SSSR count). The van der Waals surface area contributed by atoms with Gasteiger partial charge in [0.1, 0.15) is 0 Å². The van der Waals surface area contributed by atoms with Gasteiger partial charge in [0.05, 0.1) is 11.1 Å². The summed E-state index contributed by atoms with van der Waals surface area (Å²) in [5, 5.41) is 0. The summed E-state index contributed by atoms with van der Waals surface area (Å²) in [4.78, 5) is 38.2. The topological polar surface area (TPSA) is 80.5 Å². The lowest BCUT2D eigenvalue weighted by molar-refractivity contribution is 0.0652. The summed E-state index contributed by atoms with van der Waals surface area (Å²) in [5.74, 6) is -0.442. The van der Waals surface area contributed by atoms with E-state index in [0.717, 1.165) is 11.1 Å². The third-order valence-corrected chi connectivity index (χ3v) is 4.94. The molecule has 5 heteroatoms. The van der Waals surface area contributed by atoms with E-state index >= 15 is 0 Å². The molecule has 26 heavy (non-hydrogen) atoms. The molecule has 0 bridgehead atoms. The number of amides is 2. The van der Waals surface area contributed by atoms with Crippen LogP contribution in [0.4, 0.5) is 5.69 Å². The van der Waals surface area contributed by atoms with E-state index in [-0.39, 0.29) is 17.6 Å². The Balaban J connectivity index is 1.50. The Bertz CT molecular complexity index is 940. The van der Waals surface area contributed by atoms with Gasteiger partial charge >= 0.3 is 0 Å².